The van der Waals surface area contributed by atoms with Crippen LogP contribution in [0.25, 0.3) is 0 Å². The van der Waals surface area contributed by atoms with Crippen LogP contribution in [-0.2, 0) is 13.3 Å². The highest BCUT2D eigenvalue weighted by Crippen LogP contribution is 2.27. The number of likely N-dealkylation sites (tertiary alicyclic amines) is 1. The minimum atomic E-state index is -2.48. The van der Waals surface area contributed by atoms with Crippen molar-refractivity contribution in [1.82, 2.24) is 4.90 Å². The first kappa shape index (κ1) is 15.1. The summed E-state index contributed by atoms with van der Waals surface area (Å²) in [6.07, 6.45) is 6.18. The topological polar surface area (TPSA) is 30.9 Å². The molecular weight excluding hydrogens is 234 g/mol. The van der Waals surface area contributed by atoms with Gasteiger partial charge in [0, 0.05) is 21.3 Å². The molecule has 1 unspecified atom stereocenters. The van der Waals surface area contributed by atoms with Gasteiger partial charge in [-0.05, 0) is 32.4 Å². The molecule has 0 aromatic rings. The molecule has 1 atom stereocenters. The zero-order chi connectivity index (χ0) is 12.7. The number of rotatable bonds is 8. The third-order valence-corrected chi connectivity index (χ3v) is 6.85. The third kappa shape index (κ3) is 3.51. The van der Waals surface area contributed by atoms with Crippen molar-refractivity contribution < 1.29 is 13.3 Å². The van der Waals surface area contributed by atoms with Crippen molar-refractivity contribution in [3.05, 3.63) is 0 Å². The van der Waals surface area contributed by atoms with Gasteiger partial charge in [0.25, 0.3) is 0 Å². The fourth-order valence-corrected chi connectivity index (χ4v) is 5.30. The predicted molar refractivity (Wildman–Crippen MR) is 70.9 cm³/mol. The van der Waals surface area contributed by atoms with Crippen molar-refractivity contribution >= 4 is 8.80 Å². The van der Waals surface area contributed by atoms with Gasteiger partial charge >= 0.3 is 8.80 Å². The standard InChI is InChI=1S/C12H27NO3Si/c1-5-6-7-10-13-11-8-9-12(13)17(14-2,15-3)16-4/h12H,5-11H2,1-4H3. The number of hydrogen-bond acceptors (Lipinski definition) is 4. The zero-order valence-corrected chi connectivity index (χ0v) is 12.7. The van der Waals surface area contributed by atoms with Crippen molar-refractivity contribution in [2.45, 2.75) is 44.7 Å². The van der Waals surface area contributed by atoms with Crippen LogP contribution >= 0.6 is 0 Å². The third-order valence-electron chi connectivity index (χ3n) is 3.67. The van der Waals surface area contributed by atoms with Crippen LogP contribution in [0.5, 0.6) is 0 Å². The smallest absolute Gasteiger partial charge is 0.376 e. The van der Waals surface area contributed by atoms with Gasteiger partial charge in [-0.3, -0.25) is 4.90 Å². The molecule has 5 heteroatoms. The lowest BCUT2D eigenvalue weighted by Crippen LogP contribution is -2.59. The number of unbranched alkanes of at least 4 members (excludes halogenated alkanes) is 2. The van der Waals surface area contributed by atoms with E-state index in [0.717, 1.165) is 19.5 Å². The molecule has 1 rings (SSSR count). The summed E-state index contributed by atoms with van der Waals surface area (Å²) in [6.45, 7) is 4.53. The van der Waals surface area contributed by atoms with Gasteiger partial charge in [-0.2, -0.15) is 0 Å². The largest absolute Gasteiger partial charge is 0.518 e. The molecule has 1 aliphatic heterocycles. The molecular formula is C12H27NO3Si. The second-order valence-electron chi connectivity index (χ2n) is 4.62. The molecule has 0 aliphatic carbocycles. The van der Waals surface area contributed by atoms with E-state index in [9.17, 15) is 0 Å². The van der Waals surface area contributed by atoms with Crippen LogP contribution in [0.1, 0.15) is 39.0 Å². The van der Waals surface area contributed by atoms with Gasteiger partial charge < -0.3 is 13.3 Å². The molecule has 4 nitrogen and oxygen atoms in total. The van der Waals surface area contributed by atoms with Gasteiger partial charge in [0.15, 0.2) is 0 Å². The van der Waals surface area contributed by atoms with E-state index in [1.165, 1.54) is 25.7 Å². The van der Waals surface area contributed by atoms with Gasteiger partial charge in [-0.15, -0.1) is 0 Å². The molecule has 0 radical (unpaired) electrons. The molecule has 0 aromatic carbocycles. The van der Waals surface area contributed by atoms with Crippen molar-refractivity contribution in [1.29, 1.82) is 0 Å². The monoisotopic (exact) mass is 261 g/mol. The van der Waals surface area contributed by atoms with E-state index in [4.69, 9.17) is 13.3 Å². The lowest BCUT2D eigenvalue weighted by Gasteiger charge is -2.35. The Morgan fingerprint density at radius 3 is 2.29 bits per heavy atom. The fourth-order valence-electron chi connectivity index (χ4n) is 2.72. The van der Waals surface area contributed by atoms with E-state index in [-0.39, 0.29) is 0 Å². The van der Waals surface area contributed by atoms with Crippen LogP contribution in [-0.4, -0.2) is 53.8 Å². The summed E-state index contributed by atoms with van der Waals surface area (Å²) in [5.41, 5.74) is 0.347. The van der Waals surface area contributed by atoms with E-state index in [1.807, 2.05) is 0 Å². The van der Waals surface area contributed by atoms with Gasteiger partial charge in [-0.1, -0.05) is 19.8 Å². The highest BCUT2D eigenvalue weighted by molar-refractivity contribution is 6.62. The summed E-state index contributed by atoms with van der Waals surface area (Å²) in [5, 5.41) is 0. The summed E-state index contributed by atoms with van der Waals surface area (Å²) in [7, 11) is 2.65. The molecule has 0 N–H and O–H groups in total. The Kier molecular flexibility index (Phi) is 6.65. The van der Waals surface area contributed by atoms with Crippen molar-refractivity contribution in [3.63, 3.8) is 0 Å². The molecule has 102 valence electrons. The van der Waals surface area contributed by atoms with E-state index >= 15 is 0 Å². The molecule has 1 heterocycles. The van der Waals surface area contributed by atoms with Crippen LogP contribution in [0, 0.1) is 0 Å². The molecule has 0 bridgehead atoms. The summed E-state index contributed by atoms with van der Waals surface area (Å²) in [5.74, 6) is 0. The van der Waals surface area contributed by atoms with E-state index in [2.05, 4.69) is 11.8 Å². The Morgan fingerprint density at radius 1 is 1.12 bits per heavy atom. The minimum absolute atomic E-state index is 0.347. The van der Waals surface area contributed by atoms with Gasteiger partial charge in [-0.25, -0.2) is 0 Å². The molecule has 0 aromatic heterocycles. The number of nitrogens with zero attached hydrogens (tertiary/aromatic N) is 1. The second kappa shape index (κ2) is 7.48. The van der Waals surface area contributed by atoms with Crippen molar-refractivity contribution in [3.8, 4) is 0 Å². The molecule has 1 aliphatic rings. The van der Waals surface area contributed by atoms with Crippen molar-refractivity contribution in [2.75, 3.05) is 34.4 Å². The Hall–Kier alpha value is 0.0569. The molecule has 17 heavy (non-hydrogen) atoms. The average molecular weight is 261 g/mol. The van der Waals surface area contributed by atoms with Crippen molar-refractivity contribution in [2.24, 2.45) is 0 Å². The molecule has 0 amide bonds. The zero-order valence-electron chi connectivity index (χ0n) is 11.7. The molecule has 0 spiro atoms. The Morgan fingerprint density at radius 2 is 1.76 bits per heavy atom. The first-order valence-corrected chi connectivity index (χ1v) is 8.43. The summed E-state index contributed by atoms with van der Waals surface area (Å²) in [6, 6.07) is 0. The van der Waals surface area contributed by atoms with Crippen LogP contribution in [0.2, 0.25) is 0 Å². The van der Waals surface area contributed by atoms with E-state index in [1.54, 1.807) is 21.3 Å². The van der Waals surface area contributed by atoms with Gasteiger partial charge in [0.1, 0.15) is 0 Å². The highest BCUT2D eigenvalue weighted by atomic mass is 28.4. The number of hydrogen-bond donors (Lipinski definition) is 0. The lowest BCUT2D eigenvalue weighted by atomic mass is 10.2. The first-order valence-electron chi connectivity index (χ1n) is 6.63. The van der Waals surface area contributed by atoms with Gasteiger partial charge in [0.05, 0.1) is 5.67 Å². The Bertz CT molecular complexity index is 204. The van der Waals surface area contributed by atoms with Gasteiger partial charge in [0.2, 0.25) is 0 Å². The van der Waals surface area contributed by atoms with Crippen LogP contribution < -0.4 is 0 Å². The fraction of sp³-hybridized carbons (Fsp3) is 1.00. The van der Waals surface area contributed by atoms with E-state index in [0.29, 0.717) is 5.67 Å². The van der Waals surface area contributed by atoms with E-state index < -0.39 is 8.80 Å². The minimum Gasteiger partial charge on any atom is -0.376 e. The summed E-state index contributed by atoms with van der Waals surface area (Å²) < 4.78 is 16.8. The SMILES string of the molecule is CCCCCN1CCCC1[Si](OC)(OC)OC. The molecule has 1 saturated heterocycles. The average Bonchev–Trinajstić information content (AvgIpc) is 2.82. The predicted octanol–water partition coefficient (Wildman–Crippen LogP) is 2.06. The Labute approximate surface area is 107 Å². The highest BCUT2D eigenvalue weighted by Gasteiger charge is 2.51. The normalized spacial score (nSPS) is 22.2. The maximum Gasteiger partial charge on any atom is 0.518 e. The summed E-state index contributed by atoms with van der Waals surface area (Å²) >= 11 is 0. The quantitative estimate of drug-likeness (QED) is 0.494. The molecule has 1 fully saturated rings. The second-order valence-corrected chi connectivity index (χ2v) is 7.72. The first-order chi connectivity index (χ1) is 8.24. The van der Waals surface area contributed by atoms with Crippen LogP contribution in [0.3, 0.4) is 0 Å². The molecule has 0 saturated carbocycles. The maximum absolute atomic E-state index is 5.61. The lowest BCUT2D eigenvalue weighted by molar-refractivity contribution is 0.0854. The van der Waals surface area contributed by atoms with Crippen LogP contribution in [0.4, 0.5) is 0 Å². The summed E-state index contributed by atoms with van der Waals surface area (Å²) in [4.78, 5) is 2.50. The maximum atomic E-state index is 5.61. The van der Waals surface area contributed by atoms with Crippen LogP contribution in [0.15, 0.2) is 0 Å². The Balaban J connectivity index is 2.59.